The molecule has 3 aromatic carbocycles. The molecule has 0 bridgehead atoms. The number of carbonyl (C=O) groups is 1. The molecule has 1 aliphatic carbocycles. The third-order valence-corrected chi connectivity index (χ3v) is 7.42. The summed E-state index contributed by atoms with van der Waals surface area (Å²) in [5, 5.41) is 6.37. The van der Waals surface area contributed by atoms with Crippen LogP contribution >= 0.6 is 0 Å². The van der Waals surface area contributed by atoms with Crippen molar-refractivity contribution in [2.75, 3.05) is 20.2 Å². The van der Waals surface area contributed by atoms with Crippen molar-refractivity contribution in [3.8, 4) is 28.7 Å². The highest BCUT2D eigenvalue weighted by Gasteiger charge is 2.44. The highest BCUT2D eigenvalue weighted by molar-refractivity contribution is 6.08. The van der Waals surface area contributed by atoms with Gasteiger partial charge in [-0.15, -0.1) is 0 Å². The third kappa shape index (κ3) is 4.33. The number of allylic oxidation sites excluding steroid dienone is 1. The molecular weight excluding hydrogens is 503 g/mol. The summed E-state index contributed by atoms with van der Waals surface area (Å²) >= 11 is 0. The number of para-hydroxylation sites is 1. The van der Waals surface area contributed by atoms with Gasteiger partial charge in [0.15, 0.2) is 41.2 Å². The fraction of sp³-hybridized carbons (Fsp3) is 0.267. The molecule has 0 aromatic heterocycles. The van der Waals surface area contributed by atoms with Crippen LogP contribution in [0.15, 0.2) is 71.3 Å². The molecule has 0 N–H and O–H groups in total. The lowest BCUT2D eigenvalue weighted by Gasteiger charge is -2.29. The topological polar surface area (TPSA) is 78.8 Å². The molecule has 0 unspecified atom stereocenters. The van der Waals surface area contributed by atoms with E-state index < -0.39 is 5.82 Å². The van der Waals surface area contributed by atoms with E-state index in [2.05, 4.69) is 6.08 Å². The molecular formula is C30H25FN2O6. The first-order valence-corrected chi connectivity index (χ1v) is 12.9. The first-order valence-electron chi connectivity index (χ1n) is 12.9. The summed E-state index contributed by atoms with van der Waals surface area (Å²) in [4.78, 5) is 13.5. The molecule has 0 radical (unpaired) electrons. The van der Waals surface area contributed by atoms with E-state index in [9.17, 15) is 9.18 Å². The monoisotopic (exact) mass is 528 g/mol. The van der Waals surface area contributed by atoms with Gasteiger partial charge in [-0.2, -0.15) is 5.10 Å². The molecule has 3 aromatic rings. The molecule has 3 aliphatic heterocycles. The summed E-state index contributed by atoms with van der Waals surface area (Å²) in [6.07, 6.45) is 4.77. The van der Waals surface area contributed by atoms with E-state index in [1.165, 1.54) is 17.1 Å². The number of halogens is 1. The maximum absolute atomic E-state index is 14.1. The van der Waals surface area contributed by atoms with E-state index in [1.807, 2.05) is 36.4 Å². The summed E-state index contributed by atoms with van der Waals surface area (Å²) in [7, 11) is 0. The number of fused-ring (bicyclic) bond motifs is 3. The van der Waals surface area contributed by atoms with Gasteiger partial charge in [0.25, 0.3) is 5.91 Å². The smallest absolute Gasteiger partial charge is 0.281 e. The number of hydrazone groups is 1. The lowest BCUT2D eigenvalue weighted by molar-refractivity contribution is -0.135. The Morgan fingerprint density at radius 1 is 0.974 bits per heavy atom. The number of amides is 1. The lowest BCUT2D eigenvalue weighted by atomic mass is 9.77. The van der Waals surface area contributed by atoms with Gasteiger partial charge in [-0.3, -0.25) is 4.79 Å². The second kappa shape index (κ2) is 9.65. The lowest BCUT2D eigenvalue weighted by Crippen LogP contribution is -2.34. The number of rotatable bonds is 5. The Kier molecular flexibility index (Phi) is 5.83. The van der Waals surface area contributed by atoms with Crippen LogP contribution in [0.5, 0.6) is 28.7 Å². The zero-order chi connectivity index (χ0) is 26.3. The van der Waals surface area contributed by atoms with E-state index in [4.69, 9.17) is 28.8 Å². The number of carbonyl (C=O) groups excluding carboxylic acids is 1. The largest absolute Gasteiger partial charge is 0.481 e. The van der Waals surface area contributed by atoms with Gasteiger partial charge in [0.05, 0.1) is 11.8 Å². The normalized spacial score (nSPS) is 21.6. The molecule has 9 heteroatoms. The van der Waals surface area contributed by atoms with Crippen molar-refractivity contribution >= 4 is 17.7 Å². The SMILES string of the molecule is O=C(COc1ccccc1F)N1N=C2/C(=C/c3ccc4c(c3)OCO4)CCC[C@H]2[C@H]1c1ccc2c(c1)OCO2. The minimum Gasteiger partial charge on any atom is -0.481 e. The molecule has 3 heterocycles. The zero-order valence-corrected chi connectivity index (χ0v) is 21.0. The number of hydrogen-bond donors (Lipinski definition) is 0. The summed E-state index contributed by atoms with van der Waals surface area (Å²) in [5.41, 5.74) is 3.82. The van der Waals surface area contributed by atoms with Crippen LogP contribution in [0.1, 0.15) is 36.4 Å². The Labute approximate surface area is 224 Å². The van der Waals surface area contributed by atoms with Crippen LogP contribution in [0.2, 0.25) is 0 Å². The van der Waals surface area contributed by atoms with Gasteiger partial charge in [-0.05, 0) is 78.4 Å². The van der Waals surface area contributed by atoms with Gasteiger partial charge in [0.2, 0.25) is 13.6 Å². The van der Waals surface area contributed by atoms with Crippen molar-refractivity contribution in [1.29, 1.82) is 0 Å². The van der Waals surface area contributed by atoms with E-state index in [-0.39, 0.29) is 43.8 Å². The molecule has 198 valence electrons. The molecule has 0 saturated heterocycles. The number of hydrogen-bond acceptors (Lipinski definition) is 7. The van der Waals surface area contributed by atoms with Crippen molar-refractivity contribution in [3.05, 3.63) is 83.2 Å². The van der Waals surface area contributed by atoms with Gasteiger partial charge < -0.3 is 23.7 Å². The Morgan fingerprint density at radius 2 is 1.72 bits per heavy atom. The molecule has 1 saturated carbocycles. The maximum Gasteiger partial charge on any atom is 0.281 e. The Morgan fingerprint density at radius 3 is 2.54 bits per heavy atom. The summed E-state index contributed by atoms with van der Waals surface area (Å²) in [6.45, 7) is 0.0379. The standard InChI is InChI=1S/C30H25FN2O6/c31-22-6-1-2-7-23(22)35-15-28(34)33-30(20-9-11-25-27(14-20)39-17-37-25)21-5-3-4-19(29(21)32-33)12-18-8-10-24-26(13-18)38-16-36-24/h1-2,6-14,21,30H,3-5,15-17H2/b19-12+/t21-,30-/m1/s1. The van der Waals surface area contributed by atoms with Crippen molar-refractivity contribution in [1.82, 2.24) is 5.01 Å². The minimum atomic E-state index is -0.520. The van der Waals surface area contributed by atoms with Crippen molar-refractivity contribution in [2.24, 2.45) is 11.0 Å². The fourth-order valence-electron chi connectivity index (χ4n) is 5.61. The average Bonchev–Trinajstić information content (AvgIpc) is 3.70. The molecule has 1 fully saturated rings. The van der Waals surface area contributed by atoms with Crippen LogP contribution < -0.4 is 23.7 Å². The summed E-state index contributed by atoms with van der Waals surface area (Å²) in [5.74, 6) is 1.89. The summed E-state index contributed by atoms with van der Waals surface area (Å²) in [6, 6.07) is 17.2. The van der Waals surface area contributed by atoms with Crippen molar-refractivity contribution < 1.29 is 32.9 Å². The van der Waals surface area contributed by atoms with Crippen LogP contribution in [0.25, 0.3) is 6.08 Å². The molecule has 2 atom stereocenters. The predicted molar refractivity (Wildman–Crippen MR) is 139 cm³/mol. The highest BCUT2D eigenvalue weighted by atomic mass is 19.1. The van der Waals surface area contributed by atoms with Crippen LogP contribution in [-0.2, 0) is 4.79 Å². The number of nitrogens with zero attached hydrogens (tertiary/aromatic N) is 2. The molecule has 8 nitrogen and oxygen atoms in total. The van der Waals surface area contributed by atoms with Gasteiger partial charge in [0.1, 0.15) is 0 Å². The van der Waals surface area contributed by atoms with Gasteiger partial charge in [-0.1, -0.05) is 24.3 Å². The highest BCUT2D eigenvalue weighted by Crippen LogP contribution is 2.46. The molecule has 4 aliphatic rings. The van der Waals surface area contributed by atoms with E-state index >= 15 is 0 Å². The Hall–Kier alpha value is -4.53. The minimum absolute atomic E-state index is 0.0169. The quantitative estimate of drug-likeness (QED) is 0.436. The van der Waals surface area contributed by atoms with E-state index in [1.54, 1.807) is 12.1 Å². The first kappa shape index (κ1) is 23.6. The fourth-order valence-corrected chi connectivity index (χ4v) is 5.61. The van der Waals surface area contributed by atoms with Crippen molar-refractivity contribution in [2.45, 2.75) is 25.3 Å². The summed E-state index contributed by atoms with van der Waals surface area (Å²) < 4.78 is 41.8. The molecule has 1 amide bonds. The molecule has 7 rings (SSSR count). The van der Waals surface area contributed by atoms with E-state index in [0.717, 1.165) is 47.4 Å². The number of ether oxygens (including phenoxy) is 5. The van der Waals surface area contributed by atoms with Gasteiger partial charge >= 0.3 is 0 Å². The molecule has 0 spiro atoms. The maximum atomic E-state index is 14.1. The Bertz CT molecular complexity index is 1520. The first-order chi connectivity index (χ1) is 19.1. The van der Waals surface area contributed by atoms with Crippen LogP contribution in [-0.4, -0.2) is 36.8 Å². The van der Waals surface area contributed by atoms with E-state index in [0.29, 0.717) is 17.2 Å². The Balaban J connectivity index is 1.23. The second-order valence-electron chi connectivity index (χ2n) is 9.78. The van der Waals surface area contributed by atoms with Crippen LogP contribution in [0.3, 0.4) is 0 Å². The van der Waals surface area contributed by atoms with Crippen LogP contribution in [0, 0.1) is 11.7 Å². The van der Waals surface area contributed by atoms with Gasteiger partial charge in [0, 0.05) is 5.92 Å². The van der Waals surface area contributed by atoms with Gasteiger partial charge in [-0.25, -0.2) is 9.40 Å². The van der Waals surface area contributed by atoms with Crippen molar-refractivity contribution in [3.63, 3.8) is 0 Å². The zero-order valence-electron chi connectivity index (χ0n) is 21.0. The number of benzene rings is 3. The average molecular weight is 529 g/mol. The third-order valence-electron chi connectivity index (χ3n) is 7.42. The molecule has 39 heavy (non-hydrogen) atoms. The van der Waals surface area contributed by atoms with Crippen LogP contribution in [0.4, 0.5) is 4.39 Å². The predicted octanol–water partition coefficient (Wildman–Crippen LogP) is 5.49. The second-order valence-corrected chi connectivity index (χ2v) is 9.78.